The first-order valence-electron chi connectivity index (χ1n) is 11.0. The Hall–Kier alpha value is -4.12. The van der Waals surface area contributed by atoms with Crippen LogP contribution < -0.4 is 4.74 Å². The molecule has 0 spiro atoms. The molecule has 2 N–H and O–H groups in total. The predicted octanol–water partition coefficient (Wildman–Crippen LogP) is 6.53. The molecule has 3 aromatic carbocycles. The molecule has 0 aliphatic heterocycles. The van der Waals surface area contributed by atoms with E-state index >= 15 is 0 Å². The number of carboxylic acid groups (broad SMARTS) is 1. The van der Waals surface area contributed by atoms with Crippen LogP contribution in [-0.2, 0) is 13.0 Å². The maximum atomic E-state index is 12.4. The van der Waals surface area contributed by atoms with Gasteiger partial charge < -0.3 is 14.8 Å². The highest BCUT2D eigenvalue weighted by atomic mass is 16.5. The van der Waals surface area contributed by atoms with E-state index in [1.54, 1.807) is 6.07 Å². The molecule has 0 atom stereocenters. The van der Waals surface area contributed by atoms with Gasteiger partial charge in [-0.2, -0.15) is 0 Å². The Labute approximate surface area is 191 Å². The van der Waals surface area contributed by atoms with Gasteiger partial charge in [-0.25, -0.2) is 9.78 Å². The molecule has 5 rings (SSSR count). The number of hydrogen-bond donors (Lipinski definition) is 2. The number of H-pyrrole nitrogens is 1. The third-order valence-electron chi connectivity index (χ3n) is 6.08. The Bertz CT molecular complexity index is 1490. The van der Waals surface area contributed by atoms with Gasteiger partial charge in [-0.05, 0) is 48.2 Å². The molecule has 0 saturated carbocycles. The molecule has 5 heteroatoms. The minimum absolute atomic E-state index is 0.186. The van der Waals surface area contributed by atoms with Crippen LogP contribution in [0.5, 0.6) is 5.75 Å². The largest absolute Gasteiger partial charge is 0.488 e. The van der Waals surface area contributed by atoms with Crippen LogP contribution in [0.1, 0.15) is 34.0 Å². The number of aromatic nitrogens is 2. The number of carbonyl (C=O) groups is 1. The summed E-state index contributed by atoms with van der Waals surface area (Å²) in [5, 5.41) is 11.8. The lowest BCUT2D eigenvalue weighted by atomic mass is 10.00. The number of hydrogen-bond acceptors (Lipinski definition) is 3. The molecular formula is C28H24N2O3. The average Bonchev–Trinajstić information content (AvgIpc) is 3.19. The molecule has 0 aliphatic rings. The molecule has 0 unspecified atom stereocenters. The van der Waals surface area contributed by atoms with E-state index in [0.29, 0.717) is 29.0 Å². The molecule has 0 amide bonds. The molecule has 33 heavy (non-hydrogen) atoms. The van der Waals surface area contributed by atoms with Crippen molar-refractivity contribution in [2.45, 2.75) is 26.9 Å². The molecule has 0 saturated heterocycles. The van der Waals surface area contributed by atoms with Gasteiger partial charge in [0.25, 0.3) is 0 Å². The first-order valence-corrected chi connectivity index (χ1v) is 11.0. The van der Waals surface area contributed by atoms with Crippen molar-refractivity contribution < 1.29 is 14.6 Å². The molecule has 2 aromatic heterocycles. The molecule has 0 bridgehead atoms. The molecule has 0 fully saturated rings. The van der Waals surface area contributed by atoms with Crippen LogP contribution in [0.25, 0.3) is 33.2 Å². The third-order valence-corrected chi connectivity index (χ3v) is 6.08. The number of fused-ring (bicyclic) bond motifs is 2. The third kappa shape index (κ3) is 3.72. The fourth-order valence-corrected chi connectivity index (χ4v) is 4.34. The van der Waals surface area contributed by atoms with E-state index < -0.39 is 5.97 Å². The van der Waals surface area contributed by atoms with Gasteiger partial charge in [-0.1, -0.05) is 61.5 Å². The van der Waals surface area contributed by atoms with Gasteiger partial charge >= 0.3 is 5.97 Å². The number of pyridine rings is 1. The minimum Gasteiger partial charge on any atom is -0.488 e. The summed E-state index contributed by atoms with van der Waals surface area (Å²) >= 11 is 0. The summed E-state index contributed by atoms with van der Waals surface area (Å²) in [4.78, 5) is 20.8. The van der Waals surface area contributed by atoms with Gasteiger partial charge in [0.15, 0.2) is 0 Å². The Morgan fingerprint density at radius 1 is 1.03 bits per heavy atom. The van der Waals surface area contributed by atoms with E-state index in [2.05, 4.69) is 11.1 Å². The lowest BCUT2D eigenvalue weighted by molar-refractivity contribution is 0.0698. The summed E-state index contributed by atoms with van der Waals surface area (Å²) in [6, 6.07) is 23.3. The molecule has 164 valence electrons. The van der Waals surface area contributed by atoms with Crippen LogP contribution in [0.4, 0.5) is 0 Å². The fraction of sp³-hybridized carbons (Fsp3) is 0.143. The van der Waals surface area contributed by atoms with Crippen molar-refractivity contribution in [2.75, 3.05) is 0 Å². The van der Waals surface area contributed by atoms with Gasteiger partial charge in [0, 0.05) is 10.9 Å². The van der Waals surface area contributed by atoms with Crippen LogP contribution >= 0.6 is 0 Å². The number of nitrogens with zero attached hydrogens (tertiary/aromatic N) is 1. The first-order chi connectivity index (χ1) is 16.1. The second-order valence-corrected chi connectivity index (χ2v) is 8.11. The second kappa shape index (κ2) is 8.43. The van der Waals surface area contributed by atoms with Crippen LogP contribution in [0.15, 0.2) is 72.8 Å². The number of para-hydroxylation sites is 1. The summed E-state index contributed by atoms with van der Waals surface area (Å²) in [7, 11) is 0. The highest BCUT2D eigenvalue weighted by Gasteiger charge is 2.21. The van der Waals surface area contributed by atoms with Crippen molar-refractivity contribution in [3.05, 3.63) is 95.1 Å². The van der Waals surface area contributed by atoms with Crippen molar-refractivity contribution in [1.29, 1.82) is 0 Å². The van der Waals surface area contributed by atoms with Crippen molar-refractivity contribution in [3.8, 4) is 17.1 Å². The Morgan fingerprint density at radius 3 is 2.52 bits per heavy atom. The fourth-order valence-electron chi connectivity index (χ4n) is 4.34. The van der Waals surface area contributed by atoms with Gasteiger partial charge in [0.2, 0.25) is 0 Å². The summed E-state index contributed by atoms with van der Waals surface area (Å²) in [6.07, 6.45) is 0.733. The van der Waals surface area contributed by atoms with Crippen LogP contribution in [0, 0.1) is 6.92 Å². The monoisotopic (exact) mass is 436 g/mol. The SMILES string of the molecule is CCc1ccc(OCc2ccccc2)c2c(C(=O)O)cc(-c3[nH]c4ccccc4c3C)nc12. The summed E-state index contributed by atoms with van der Waals surface area (Å²) in [6.45, 7) is 4.42. The molecule has 2 heterocycles. The lowest BCUT2D eigenvalue weighted by Crippen LogP contribution is -2.05. The number of benzene rings is 3. The molecule has 0 aliphatic carbocycles. The minimum atomic E-state index is -1.00. The number of aryl methyl sites for hydroxylation is 2. The summed E-state index contributed by atoms with van der Waals surface area (Å²) in [5.74, 6) is -0.480. The molecule has 0 radical (unpaired) electrons. The van der Waals surface area contributed by atoms with Gasteiger partial charge in [-0.3, -0.25) is 0 Å². The molecule has 5 nitrogen and oxygen atoms in total. The highest BCUT2D eigenvalue weighted by Crippen LogP contribution is 2.36. The van der Waals surface area contributed by atoms with Crippen molar-refractivity contribution >= 4 is 27.8 Å². The Balaban J connectivity index is 1.70. The van der Waals surface area contributed by atoms with E-state index in [-0.39, 0.29) is 5.56 Å². The predicted molar refractivity (Wildman–Crippen MR) is 131 cm³/mol. The van der Waals surface area contributed by atoms with Crippen LogP contribution in [-0.4, -0.2) is 21.0 Å². The van der Waals surface area contributed by atoms with E-state index in [1.807, 2.05) is 74.5 Å². The number of aromatic amines is 1. The Morgan fingerprint density at radius 2 is 1.79 bits per heavy atom. The van der Waals surface area contributed by atoms with E-state index in [9.17, 15) is 9.90 Å². The first kappa shape index (κ1) is 20.8. The zero-order valence-corrected chi connectivity index (χ0v) is 18.6. The zero-order valence-electron chi connectivity index (χ0n) is 18.6. The number of aromatic carboxylic acids is 1. The quantitative estimate of drug-likeness (QED) is 0.317. The maximum absolute atomic E-state index is 12.4. The topological polar surface area (TPSA) is 75.2 Å². The van der Waals surface area contributed by atoms with Crippen molar-refractivity contribution in [2.24, 2.45) is 0 Å². The standard InChI is InChI=1S/C28H24N2O3/c1-3-19-13-14-24(33-16-18-9-5-4-6-10-18)25-21(28(31)32)15-23(30-27(19)25)26-17(2)20-11-7-8-12-22(20)29-26/h4-15,29H,3,16H2,1-2H3,(H,31,32). The summed E-state index contributed by atoms with van der Waals surface area (Å²) in [5.41, 5.74) is 6.34. The number of carboxylic acids is 1. The maximum Gasteiger partial charge on any atom is 0.336 e. The van der Waals surface area contributed by atoms with Gasteiger partial charge in [0.05, 0.1) is 27.9 Å². The van der Waals surface area contributed by atoms with Gasteiger partial charge in [0.1, 0.15) is 12.4 Å². The number of nitrogens with one attached hydrogen (secondary N) is 1. The van der Waals surface area contributed by atoms with E-state index in [4.69, 9.17) is 9.72 Å². The van der Waals surface area contributed by atoms with Gasteiger partial charge in [-0.15, -0.1) is 0 Å². The number of rotatable bonds is 6. The molecular weight excluding hydrogens is 412 g/mol. The Kier molecular flexibility index (Phi) is 5.31. The lowest BCUT2D eigenvalue weighted by Gasteiger charge is -2.15. The second-order valence-electron chi connectivity index (χ2n) is 8.11. The van der Waals surface area contributed by atoms with Crippen molar-refractivity contribution in [1.82, 2.24) is 9.97 Å². The highest BCUT2D eigenvalue weighted by molar-refractivity contribution is 6.07. The normalized spacial score (nSPS) is 11.2. The van der Waals surface area contributed by atoms with Crippen molar-refractivity contribution in [3.63, 3.8) is 0 Å². The zero-order chi connectivity index (χ0) is 22.9. The van der Waals surface area contributed by atoms with E-state index in [0.717, 1.165) is 39.7 Å². The average molecular weight is 437 g/mol. The van der Waals surface area contributed by atoms with Crippen LogP contribution in [0.3, 0.4) is 0 Å². The molecule has 5 aromatic rings. The summed E-state index contributed by atoms with van der Waals surface area (Å²) < 4.78 is 6.10. The smallest absolute Gasteiger partial charge is 0.336 e. The van der Waals surface area contributed by atoms with E-state index in [1.165, 1.54) is 0 Å². The van der Waals surface area contributed by atoms with Crippen LogP contribution in [0.2, 0.25) is 0 Å². The number of ether oxygens (including phenoxy) is 1.